The van der Waals surface area contributed by atoms with E-state index in [4.69, 9.17) is 4.74 Å². The van der Waals surface area contributed by atoms with E-state index in [1.807, 2.05) is 25.1 Å². The molecule has 2 amide bonds. The average molecular weight is 409 g/mol. The van der Waals surface area contributed by atoms with Crippen LogP contribution in [-0.2, 0) is 4.74 Å². The summed E-state index contributed by atoms with van der Waals surface area (Å²) in [5, 5.41) is 14.6. The predicted octanol–water partition coefficient (Wildman–Crippen LogP) is 0.900. The van der Waals surface area contributed by atoms with Crippen LogP contribution in [0.15, 0.2) is 42.9 Å². The molecule has 0 spiro atoms. The van der Waals surface area contributed by atoms with E-state index < -0.39 is 11.5 Å². The lowest BCUT2D eigenvalue weighted by Crippen LogP contribution is -2.53. The molecule has 1 aromatic carbocycles. The van der Waals surface area contributed by atoms with Gasteiger partial charge in [0.2, 0.25) is 0 Å². The van der Waals surface area contributed by atoms with Crippen molar-refractivity contribution in [2.75, 3.05) is 32.8 Å². The summed E-state index contributed by atoms with van der Waals surface area (Å²) in [7, 11) is 0. The van der Waals surface area contributed by atoms with Crippen LogP contribution < -0.4 is 5.32 Å². The van der Waals surface area contributed by atoms with Crippen molar-refractivity contribution in [3.8, 4) is 0 Å². The zero-order chi connectivity index (χ0) is 21.1. The van der Waals surface area contributed by atoms with Crippen molar-refractivity contribution in [3.63, 3.8) is 0 Å². The number of aryl methyl sites for hydroxylation is 1. The van der Waals surface area contributed by atoms with Gasteiger partial charge in [-0.2, -0.15) is 0 Å². The Balaban J connectivity index is 1.47. The lowest BCUT2D eigenvalue weighted by molar-refractivity contribution is -0.0324. The van der Waals surface area contributed by atoms with E-state index in [0.29, 0.717) is 18.8 Å². The molecule has 30 heavy (non-hydrogen) atoms. The van der Waals surface area contributed by atoms with Gasteiger partial charge in [0.1, 0.15) is 17.0 Å². The van der Waals surface area contributed by atoms with Crippen molar-refractivity contribution in [3.05, 3.63) is 59.8 Å². The number of hydrogen-bond donors (Lipinski definition) is 3. The average Bonchev–Trinajstić information content (AvgIpc) is 3.07. The first-order valence-electron chi connectivity index (χ1n) is 9.67. The third kappa shape index (κ3) is 4.32. The highest BCUT2D eigenvalue weighted by molar-refractivity contribution is 5.98. The zero-order valence-electron chi connectivity index (χ0n) is 16.6. The minimum absolute atomic E-state index is 0.00340. The number of fused-ring (bicyclic) bond motifs is 1. The maximum Gasteiger partial charge on any atom is 0.271 e. The summed E-state index contributed by atoms with van der Waals surface area (Å²) in [5.41, 5.74) is 1.16. The van der Waals surface area contributed by atoms with E-state index in [9.17, 15) is 14.7 Å². The van der Waals surface area contributed by atoms with Gasteiger partial charge in [-0.05, 0) is 24.6 Å². The number of carbonyl (C=O) groups excluding carboxylic acids is 2. The minimum Gasteiger partial charge on any atom is -0.384 e. The van der Waals surface area contributed by atoms with Crippen LogP contribution in [0.4, 0.5) is 0 Å². The summed E-state index contributed by atoms with van der Waals surface area (Å²) in [4.78, 5) is 37.8. The van der Waals surface area contributed by atoms with Crippen molar-refractivity contribution >= 4 is 22.7 Å². The fourth-order valence-corrected chi connectivity index (χ4v) is 3.48. The summed E-state index contributed by atoms with van der Waals surface area (Å²) in [6, 6.07) is 7.73. The molecule has 2 aromatic heterocycles. The van der Waals surface area contributed by atoms with Crippen molar-refractivity contribution in [2.45, 2.75) is 12.5 Å². The Morgan fingerprint density at radius 3 is 3.00 bits per heavy atom. The van der Waals surface area contributed by atoms with Crippen LogP contribution in [0.5, 0.6) is 0 Å². The molecule has 4 rings (SSSR count). The summed E-state index contributed by atoms with van der Waals surface area (Å²) < 4.78 is 5.51. The number of aromatic nitrogens is 3. The number of rotatable bonds is 4. The van der Waals surface area contributed by atoms with Gasteiger partial charge in [0.25, 0.3) is 11.8 Å². The molecule has 0 unspecified atom stereocenters. The standard InChI is InChI=1S/C21H23N5O4/c1-14-2-3-15-9-17(25-16(15)8-14)20(28)26-6-7-30-13-21(29,12-26)11-24-19(27)18-10-22-4-5-23-18/h2-5,8-10,25,29H,6-7,11-13H2,1H3,(H,24,27)/t21-/m0/s1. The Hall–Kier alpha value is -3.30. The number of aliphatic hydroxyl groups is 1. The Labute approximate surface area is 173 Å². The smallest absolute Gasteiger partial charge is 0.271 e. The predicted molar refractivity (Wildman–Crippen MR) is 109 cm³/mol. The van der Waals surface area contributed by atoms with Gasteiger partial charge in [0.05, 0.1) is 32.5 Å². The van der Waals surface area contributed by atoms with Crippen molar-refractivity contribution in [1.29, 1.82) is 0 Å². The van der Waals surface area contributed by atoms with Gasteiger partial charge in [-0.15, -0.1) is 0 Å². The Morgan fingerprint density at radius 2 is 2.20 bits per heavy atom. The Kier molecular flexibility index (Phi) is 5.47. The van der Waals surface area contributed by atoms with Gasteiger partial charge in [-0.3, -0.25) is 14.6 Å². The molecule has 0 bridgehead atoms. The van der Waals surface area contributed by atoms with Crippen molar-refractivity contribution < 1.29 is 19.4 Å². The van der Waals surface area contributed by atoms with E-state index in [1.165, 1.54) is 18.6 Å². The second kappa shape index (κ2) is 8.21. The molecule has 1 aliphatic rings. The number of nitrogens with one attached hydrogen (secondary N) is 2. The van der Waals surface area contributed by atoms with E-state index in [0.717, 1.165) is 16.5 Å². The topological polar surface area (TPSA) is 120 Å². The van der Waals surface area contributed by atoms with E-state index in [1.54, 1.807) is 11.0 Å². The first-order valence-corrected chi connectivity index (χ1v) is 9.67. The minimum atomic E-state index is -1.42. The van der Waals surface area contributed by atoms with E-state index in [-0.39, 0.29) is 31.3 Å². The molecule has 0 aliphatic carbocycles. The molecule has 1 saturated heterocycles. The van der Waals surface area contributed by atoms with Crippen LogP contribution >= 0.6 is 0 Å². The molecular weight excluding hydrogens is 386 g/mol. The second-order valence-electron chi connectivity index (χ2n) is 7.55. The molecule has 1 fully saturated rings. The second-order valence-corrected chi connectivity index (χ2v) is 7.55. The highest BCUT2D eigenvalue weighted by atomic mass is 16.5. The molecule has 1 atom stereocenters. The van der Waals surface area contributed by atoms with E-state index in [2.05, 4.69) is 20.3 Å². The van der Waals surface area contributed by atoms with Crippen LogP contribution in [0, 0.1) is 6.92 Å². The number of amides is 2. The molecule has 0 saturated carbocycles. The summed E-state index contributed by atoms with van der Waals surface area (Å²) in [6.45, 7) is 2.57. The highest BCUT2D eigenvalue weighted by Gasteiger charge is 2.35. The summed E-state index contributed by atoms with van der Waals surface area (Å²) in [6.07, 6.45) is 4.23. The number of ether oxygens (including phenoxy) is 1. The van der Waals surface area contributed by atoms with Crippen LogP contribution in [0.2, 0.25) is 0 Å². The normalized spacial score (nSPS) is 19.5. The highest BCUT2D eigenvalue weighted by Crippen LogP contribution is 2.20. The number of benzene rings is 1. The number of carbonyl (C=O) groups is 2. The van der Waals surface area contributed by atoms with Crippen LogP contribution in [0.1, 0.15) is 26.5 Å². The molecular formula is C21H23N5O4. The van der Waals surface area contributed by atoms with Gasteiger partial charge in [0, 0.05) is 29.8 Å². The van der Waals surface area contributed by atoms with Crippen molar-refractivity contribution in [2.24, 2.45) is 0 Å². The third-order valence-electron chi connectivity index (χ3n) is 5.03. The molecule has 9 nitrogen and oxygen atoms in total. The number of β-amino-alcohol motifs (C(OH)–C–C–N with tert-alkyl or cyclic N) is 1. The van der Waals surface area contributed by atoms with Crippen LogP contribution in [0.3, 0.4) is 0 Å². The lowest BCUT2D eigenvalue weighted by Gasteiger charge is -2.30. The van der Waals surface area contributed by atoms with Gasteiger partial charge in [-0.25, -0.2) is 4.98 Å². The SMILES string of the molecule is Cc1ccc2cc(C(=O)N3CCOC[C@](O)(CNC(=O)c4cnccn4)C3)[nH]c2c1. The van der Waals surface area contributed by atoms with Gasteiger partial charge in [-0.1, -0.05) is 12.1 Å². The number of H-pyrrole nitrogens is 1. The van der Waals surface area contributed by atoms with Crippen LogP contribution in [-0.4, -0.2) is 75.2 Å². The van der Waals surface area contributed by atoms with Gasteiger partial charge < -0.3 is 25.0 Å². The Morgan fingerprint density at radius 1 is 1.33 bits per heavy atom. The molecule has 3 N–H and O–H groups in total. The summed E-state index contributed by atoms with van der Waals surface area (Å²) in [5.74, 6) is -0.683. The number of hydrogen-bond acceptors (Lipinski definition) is 6. The van der Waals surface area contributed by atoms with Gasteiger partial charge >= 0.3 is 0 Å². The Bertz CT molecular complexity index is 1070. The van der Waals surface area contributed by atoms with Crippen molar-refractivity contribution in [1.82, 2.24) is 25.2 Å². The number of nitrogens with zero attached hydrogens (tertiary/aromatic N) is 3. The van der Waals surface area contributed by atoms with E-state index >= 15 is 0 Å². The summed E-state index contributed by atoms with van der Waals surface area (Å²) >= 11 is 0. The third-order valence-corrected chi connectivity index (χ3v) is 5.03. The van der Waals surface area contributed by atoms with Crippen LogP contribution in [0.25, 0.3) is 10.9 Å². The maximum absolute atomic E-state index is 13.1. The first kappa shape index (κ1) is 20.0. The largest absolute Gasteiger partial charge is 0.384 e. The molecule has 156 valence electrons. The monoisotopic (exact) mass is 409 g/mol. The number of aromatic amines is 1. The fraction of sp³-hybridized carbons (Fsp3) is 0.333. The molecule has 3 heterocycles. The fourth-order valence-electron chi connectivity index (χ4n) is 3.48. The van der Waals surface area contributed by atoms with Gasteiger partial charge in [0.15, 0.2) is 0 Å². The molecule has 1 aliphatic heterocycles. The zero-order valence-corrected chi connectivity index (χ0v) is 16.6. The lowest BCUT2D eigenvalue weighted by atomic mass is 10.0. The quantitative estimate of drug-likeness (QED) is 0.589. The first-order chi connectivity index (χ1) is 14.4. The molecule has 3 aromatic rings. The molecule has 0 radical (unpaired) electrons. The molecule has 9 heteroatoms. The maximum atomic E-state index is 13.1.